The minimum Gasteiger partial charge on any atom is -0.473 e. The van der Waals surface area contributed by atoms with Crippen molar-refractivity contribution < 1.29 is 14.1 Å². The van der Waals surface area contributed by atoms with Gasteiger partial charge >= 0.3 is 0 Å². The number of aryl methyl sites for hydroxylation is 2. The molecule has 26 heavy (non-hydrogen) atoms. The lowest BCUT2D eigenvalue weighted by Crippen LogP contribution is -2.40. The molecule has 140 valence electrons. The molecule has 2 aromatic heterocycles. The van der Waals surface area contributed by atoms with E-state index in [1.807, 2.05) is 11.9 Å². The van der Waals surface area contributed by atoms with Crippen LogP contribution >= 0.6 is 0 Å². The van der Waals surface area contributed by atoms with Crippen LogP contribution in [0.2, 0.25) is 0 Å². The number of aromatic nitrogens is 2. The summed E-state index contributed by atoms with van der Waals surface area (Å²) in [4.78, 5) is 16.4. The number of hydrazine groups is 1. The second-order valence-corrected chi connectivity index (χ2v) is 6.58. The molecular formula is C19H26N4O3. The van der Waals surface area contributed by atoms with E-state index in [4.69, 9.17) is 9.26 Å². The minimum atomic E-state index is -0.136. The molecular weight excluding hydrogens is 332 g/mol. The number of nitrogens with zero attached hydrogens (tertiary/aromatic N) is 3. The van der Waals surface area contributed by atoms with Gasteiger partial charge in [-0.2, -0.15) is 0 Å². The van der Waals surface area contributed by atoms with Crippen molar-refractivity contribution in [2.45, 2.75) is 52.6 Å². The van der Waals surface area contributed by atoms with Crippen molar-refractivity contribution in [1.82, 2.24) is 20.6 Å². The third-order valence-electron chi connectivity index (χ3n) is 4.56. The van der Waals surface area contributed by atoms with Gasteiger partial charge in [0, 0.05) is 25.4 Å². The van der Waals surface area contributed by atoms with E-state index in [-0.39, 0.29) is 5.91 Å². The summed E-state index contributed by atoms with van der Waals surface area (Å²) in [6, 6.07) is 3.44. The van der Waals surface area contributed by atoms with E-state index in [0.717, 1.165) is 62.2 Å². The van der Waals surface area contributed by atoms with Crippen LogP contribution < -0.4 is 10.2 Å². The molecule has 1 fully saturated rings. The van der Waals surface area contributed by atoms with Crippen LogP contribution in [0.1, 0.15) is 60.0 Å². The summed E-state index contributed by atoms with van der Waals surface area (Å²) in [5.41, 5.74) is 5.35. The Morgan fingerprint density at radius 1 is 1.35 bits per heavy atom. The van der Waals surface area contributed by atoms with Crippen LogP contribution in [0.25, 0.3) is 0 Å². The van der Waals surface area contributed by atoms with Gasteiger partial charge in [-0.1, -0.05) is 18.5 Å². The van der Waals surface area contributed by atoms with Gasteiger partial charge < -0.3 is 9.26 Å². The highest BCUT2D eigenvalue weighted by Gasteiger charge is 2.16. The maximum atomic E-state index is 12.2. The molecule has 1 aliphatic heterocycles. The molecule has 0 aliphatic carbocycles. The van der Waals surface area contributed by atoms with Gasteiger partial charge in [0.15, 0.2) is 0 Å². The molecule has 1 N–H and O–H groups in total. The average Bonchev–Trinajstić information content (AvgIpc) is 3.28. The Kier molecular flexibility index (Phi) is 6.22. The van der Waals surface area contributed by atoms with Crippen molar-refractivity contribution in [3.8, 4) is 5.88 Å². The van der Waals surface area contributed by atoms with Gasteiger partial charge in [-0.3, -0.25) is 10.2 Å². The highest BCUT2D eigenvalue weighted by atomic mass is 16.5. The van der Waals surface area contributed by atoms with Crippen LogP contribution in [0, 0.1) is 6.92 Å². The number of hydrogen-bond donors (Lipinski definition) is 1. The second-order valence-electron chi connectivity index (χ2n) is 6.58. The van der Waals surface area contributed by atoms with Crippen LogP contribution in [0.3, 0.4) is 0 Å². The van der Waals surface area contributed by atoms with E-state index in [1.54, 1.807) is 18.3 Å². The Morgan fingerprint density at radius 2 is 2.15 bits per heavy atom. The Bertz CT molecular complexity index is 721. The zero-order valence-electron chi connectivity index (χ0n) is 15.5. The van der Waals surface area contributed by atoms with Gasteiger partial charge in [-0.05, 0) is 38.7 Å². The largest absolute Gasteiger partial charge is 0.473 e. The Labute approximate surface area is 153 Å². The summed E-state index contributed by atoms with van der Waals surface area (Å²) in [6.07, 6.45) is 6.84. The molecule has 3 heterocycles. The Hall–Kier alpha value is -2.41. The first-order valence-corrected chi connectivity index (χ1v) is 9.26. The number of rotatable bonds is 8. The molecule has 0 aromatic carbocycles. The van der Waals surface area contributed by atoms with Gasteiger partial charge in [0.05, 0.1) is 16.8 Å². The minimum absolute atomic E-state index is 0.136. The molecule has 2 aromatic rings. The van der Waals surface area contributed by atoms with Crippen LogP contribution in [-0.4, -0.2) is 34.1 Å². The average molecular weight is 358 g/mol. The SMILES string of the molecule is CCCCc1noc(C)c1COc1ccc(C(=O)NN2CCCC2)cn1. The van der Waals surface area contributed by atoms with Crippen molar-refractivity contribution in [3.63, 3.8) is 0 Å². The number of nitrogens with one attached hydrogen (secondary N) is 1. The van der Waals surface area contributed by atoms with Gasteiger partial charge in [-0.15, -0.1) is 0 Å². The molecule has 7 nitrogen and oxygen atoms in total. The monoisotopic (exact) mass is 358 g/mol. The first-order valence-electron chi connectivity index (χ1n) is 9.26. The highest BCUT2D eigenvalue weighted by Crippen LogP contribution is 2.18. The van der Waals surface area contributed by atoms with Gasteiger partial charge in [-0.25, -0.2) is 9.99 Å². The zero-order chi connectivity index (χ0) is 18.4. The van der Waals surface area contributed by atoms with E-state index in [2.05, 4.69) is 22.5 Å². The van der Waals surface area contributed by atoms with Crippen molar-refractivity contribution in [1.29, 1.82) is 0 Å². The molecule has 0 atom stereocenters. The molecule has 0 radical (unpaired) electrons. The summed E-state index contributed by atoms with van der Waals surface area (Å²) in [5, 5.41) is 6.06. The molecule has 0 spiro atoms. The fourth-order valence-electron chi connectivity index (χ4n) is 2.95. The fraction of sp³-hybridized carbons (Fsp3) is 0.526. The lowest BCUT2D eigenvalue weighted by atomic mass is 10.1. The van der Waals surface area contributed by atoms with Crippen LogP contribution in [0.5, 0.6) is 5.88 Å². The lowest BCUT2D eigenvalue weighted by Gasteiger charge is -2.16. The predicted octanol–water partition coefficient (Wildman–Crippen LogP) is 3.04. The number of pyridine rings is 1. The van der Waals surface area contributed by atoms with Crippen LogP contribution in [-0.2, 0) is 13.0 Å². The van der Waals surface area contributed by atoms with Crippen molar-refractivity contribution in [2.24, 2.45) is 0 Å². The quantitative estimate of drug-likeness (QED) is 0.781. The summed E-state index contributed by atoms with van der Waals surface area (Å²) >= 11 is 0. The van der Waals surface area contributed by atoms with Crippen molar-refractivity contribution in [2.75, 3.05) is 13.1 Å². The normalized spacial score (nSPS) is 14.5. The number of hydrogen-bond acceptors (Lipinski definition) is 6. The number of carbonyl (C=O) groups is 1. The smallest absolute Gasteiger partial charge is 0.267 e. The number of amides is 1. The zero-order valence-corrected chi connectivity index (χ0v) is 15.5. The first kappa shape index (κ1) is 18.4. The van der Waals surface area contributed by atoms with E-state index in [0.29, 0.717) is 18.1 Å². The summed E-state index contributed by atoms with van der Waals surface area (Å²) in [5.74, 6) is 1.12. The van der Waals surface area contributed by atoms with Crippen LogP contribution in [0.15, 0.2) is 22.9 Å². The molecule has 0 unspecified atom stereocenters. The molecule has 1 amide bonds. The summed E-state index contributed by atoms with van der Waals surface area (Å²) in [6.45, 7) is 6.20. The second kappa shape index (κ2) is 8.80. The first-order chi connectivity index (χ1) is 12.7. The van der Waals surface area contributed by atoms with E-state index in [1.165, 1.54) is 0 Å². The maximum Gasteiger partial charge on any atom is 0.267 e. The number of ether oxygens (including phenoxy) is 1. The van der Waals surface area contributed by atoms with E-state index < -0.39 is 0 Å². The standard InChI is InChI=1S/C19H26N4O3/c1-3-4-7-17-16(14(2)26-22-17)13-25-18-9-8-15(12-20-18)19(24)21-23-10-5-6-11-23/h8-9,12H,3-7,10-11,13H2,1-2H3,(H,21,24). The third kappa shape index (κ3) is 4.60. The molecule has 1 aliphatic rings. The molecule has 0 bridgehead atoms. The predicted molar refractivity (Wildman–Crippen MR) is 96.7 cm³/mol. The summed E-state index contributed by atoms with van der Waals surface area (Å²) in [7, 11) is 0. The van der Waals surface area contributed by atoms with Gasteiger partial charge in [0.25, 0.3) is 5.91 Å². The lowest BCUT2D eigenvalue weighted by molar-refractivity contribution is 0.0825. The fourth-order valence-corrected chi connectivity index (χ4v) is 2.95. The Morgan fingerprint density at radius 3 is 2.85 bits per heavy atom. The van der Waals surface area contributed by atoms with Gasteiger partial charge in [0.1, 0.15) is 12.4 Å². The van der Waals surface area contributed by atoms with E-state index in [9.17, 15) is 4.79 Å². The van der Waals surface area contributed by atoms with Gasteiger partial charge in [0.2, 0.25) is 5.88 Å². The number of unbranched alkanes of at least 4 members (excludes halogenated alkanes) is 1. The topological polar surface area (TPSA) is 80.5 Å². The summed E-state index contributed by atoms with van der Waals surface area (Å²) < 4.78 is 11.1. The highest BCUT2D eigenvalue weighted by molar-refractivity contribution is 5.93. The van der Waals surface area contributed by atoms with Crippen LogP contribution in [0.4, 0.5) is 0 Å². The third-order valence-corrected chi connectivity index (χ3v) is 4.56. The van der Waals surface area contributed by atoms with Crippen molar-refractivity contribution >= 4 is 5.91 Å². The van der Waals surface area contributed by atoms with E-state index >= 15 is 0 Å². The maximum absolute atomic E-state index is 12.2. The number of carbonyl (C=O) groups excluding carboxylic acids is 1. The Balaban J connectivity index is 1.56. The molecule has 0 saturated carbocycles. The van der Waals surface area contributed by atoms with Crippen molar-refractivity contribution in [3.05, 3.63) is 40.9 Å². The molecule has 7 heteroatoms. The molecule has 1 saturated heterocycles. The molecule has 3 rings (SSSR count).